The number of carbonyl (C=O) groups excluding carboxylic acids is 2. The predicted molar refractivity (Wildman–Crippen MR) is 105 cm³/mol. The number of hydrogen-bond acceptors (Lipinski definition) is 7. The topological polar surface area (TPSA) is 137 Å². The number of aliphatic hydroxyl groups excluding tert-OH is 1. The molecule has 2 heterocycles. The van der Waals surface area contributed by atoms with Crippen LogP contribution in [0.3, 0.4) is 0 Å². The number of nitrogens with one attached hydrogen (secondary N) is 1. The SMILES string of the molecule is NC(=O)C(O)C(Cc1ccccc1)NC(=O)c1cnoc1-c1cccc2c1OCO2. The smallest absolute Gasteiger partial charge is 0.257 e. The average Bonchev–Trinajstić information content (AvgIpc) is 3.42. The van der Waals surface area contributed by atoms with E-state index in [9.17, 15) is 14.7 Å². The fraction of sp³-hybridized carbons (Fsp3) is 0.190. The second-order valence-electron chi connectivity index (χ2n) is 6.72. The summed E-state index contributed by atoms with van der Waals surface area (Å²) in [6.45, 7) is 0.0615. The Hall–Kier alpha value is -3.85. The van der Waals surface area contributed by atoms with Gasteiger partial charge < -0.3 is 30.2 Å². The Morgan fingerprint density at radius 3 is 2.70 bits per heavy atom. The van der Waals surface area contributed by atoms with E-state index in [1.165, 1.54) is 6.20 Å². The minimum absolute atomic E-state index is 0.0615. The summed E-state index contributed by atoms with van der Waals surface area (Å²) in [7, 11) is 0. The number of hydrogen-bond donors (Lipinski definition) is 3. The first-order valence-electron chi connectivity index (χ1n) is 9.20. The molecular formula is C21H19N3O6. The van der Waals surface area contributed by atoms with Gasteiger partial charge in [-0.3, -0.25) is 9.59 Å². The van der Waals surface area contributed by atoms with Gasteiger partial charge in [-0.1, -0.05) is 41.6 Å². The molecular weight excluding hydrogens is 390 g/mol. The standard InChI is InChI=1S/C21H19N3O6/c22-20(26)17(25)15(9-12-5-2-1-3-6-12)24-21(27)14-10-23-30-18(14)13-7-4-8-16-19(13)29-11-28-16/h1-8,10,15,17,25H,9,11H2,(H2,22,26)(H,24,27). The van der Waals surface area contributed by atoms with Crippen molar-refractivity contribution in [2.24, 2.45) is 5.73 Å². The van der Waals surface area contributed by atoms with E-state index >= 15 is 0 Å². The first kappa shape index (κ1) is 19.5. The van der Waals surface area contributed by atoms with Crippen LogP contribution >= 0.6 is 0 Å². The van der Waals surface area contributed by atoms with E-state index in [-0.39, 0.29) is 24.5 Å². The first-order chi connectivity index (χ1) is 14.5. The van der Waals surface area contributed by atoms with Crippen molar-refractivity contribution < 1.29 is 28.7 Å². The third kappa shape index (κ3) is 3.83. The zero-order valence-corrected chi connectivity index (χ0v) is 15.8. The molecule has 4 rings (SSSR count). The molecule has 9 heteroatoms. The summed E-state index contributed by atoms with van der Waals surface area (Å²) < 4.78 is 16.1. The number of nitrogens with zero attached hydrogens (tertiary/aromatic N) is 1. The molecule has 1 aliphatic rings. The Bertz CT molecular complexity index is 1070. The summed E-state index contributed by atoms with van der Waals surface area (Å²) in [5.41, 5.74) is 6.71. The zero-order chi connectivity index (χ0) is 21.1. The minimum atomic E-state index is -1.57. The maximum Gasteiger partial charge on any atom is 0.257 e. The van der Waals surface area contributed by atoms with Gasteiger partial charge in [-0.25, -0.2) is 0 Å². The fourth-order valence-electron chi connectivity index (χ4n) is 3.26. The molecule has 154 valence electrons. The lowest BCUT2D eigenvalue weighted by Crippen LogP contribution is -2.50. The van der Waals surface area contributed by atoms with Crippen molar-refractivity contribution in [1.29, 1.82) is 0 Å². The van der Waals surface area contributed by atoms with Gasteiger partial charge in [0.25, 0.3) is 5.91 Å². The summed E-state index contributed by atoms with van der Waals surface area (Å²) in [5.74, 6) is -0.359. The van der Waals surface area contributed by atoms with Crippen LogP contribution in [0, 0.1) is 0 Å². The Morgan fingerprint density at radius 1 is 1.13 bits per heavy atom. The minimum Gasteiger partial charge on any atom is -0.454 e. The van der Waals surface area contributed by atoms with Gasteiger partial charge >= 0.3 is 0 Å². The normalized spacial score (nSPS) is 14.2. The fourth-order valence-corrected chi connectivity index (χ4v) is 3.26. The van der Waals surface area contributed by atoms with Gasteiger partial charge in [-0.05, 0) is 24.1 Å². The van der Waals surface area contributed by atoms with E-state index < -0.39 is 24.0 Å². The molecule has 2 aromatic carbocycles. The molecule has 3 aromatic rings. The number of para-hydroxylation sites is 1. The van der Waals surface area contributed by atoms with Crippen LogP contribution in [-0.2, 0) is 11.2 Å². The quantitative estimate of drug-likeness (QED) is 0.534. The number of ether oxygens (including phenoxy) is 2. The summed E-state index contributed by atoms with van der Waals surface area (Å²) in [6, 6.07) is 13.4. The average molecular weight is 409 g/mol. The number of fused-ring (bicyclic) bond motifs is 1. The summed E-state index contributed by atoms with van der Waals surface area (Å²) in [6.07, 6.45) is -0.111. The van der Waals surface area contributed by atoms with Crippen molar-refractivity contribution in [1.82, 2.24) is 10.5 Å². The Kier molecular flexibility index (Phi) is 5.36. The lowest BCUT2D eigenvalue weighted by atomic mass is 10.00. The molecule has 30 heavy (non-hydrogen) atoms. The molecule has 0 radical (unpaired) electrons. The molecule has 9 nitrogen and oxygen atoms in total. The Labute approximate surface area is 171 Å². The lowest BCUT2D eigenvalue weighted by molar-refractivity contribution is -0.127. The van der Waals surface area contributed by atoms with Crippen molar-refractivity contribution in [3.8, 4) is 22.8 Å². The van der Waals surface area contributed by atoms with Crippen molar-refractivity contribution in [2.45, 2.75) is 18.6 Å². The lowest BCUT2D eigenvalue weighted by Gasteiger charge is -2.22. The van der Waals surface area contributed by atoms with Gasteiger partial charge in [0.1, 0.15) is 5.56 Å². The van der Waals surface area contributed by atoms with E-state index in [2.05, 4.69) is 10.5 Å². The summed E-state index contributed by atoms with van der Waals surface area (Å²) in [4.78, 5) is 24.6. The Morgan fingerprint density at radius 2 is 1.93 bits per heavy atom. The maximum atomic E-state index is 13.0. The van der Waals surface area contributed by atoms with Crippen LogP contribution in [0.5, 0.6) is 11.5 Å². The number of aromatic nitrogens is 1. The highest BCUT2D eigenvalue weighted by molar-refractivity contribution is 6.00. The zero-order valence-electron chi connectivity index (χ0n) is 15.8. The number of nitrogens with two attached hydrogens (primary N) is 1. The predicted octanol–water partition coefficient (Wildman–Crippen LogP) is 1.26. The van der Waals surface area contributed by atoms with Gasteiger partial charge in [0.2, 0.25) is 12.7 Å². The monoisotopic (exact) mass is 409 g/mol. The molecule has 1 aromatic heterocycles. The number of aliphatic hydroxyl groups is 1. The van der Waals surface area contributed by atoms with Crippen LogP contribution < -0.4 is 20.5 Å². The van der Waals surface area contributed by atoms with Crippen molar-refractivity contribution in [3.05, 3.63) is 65.9 Å². The molecule has 0 spiro atoms. The van der Waals surface area contributed by atoms with Crippen LogP contribution in [0.4, 0.5) is 0 Å². The molecule has 0 saturated heterocycles. The maximum absolute atomic E-state index is 13.0. The number of benzene rings is 2. The first-order valence-corrected chi connectivity index (χ1v) is 9.20. The van der Waals surface area contributed by atoms with Gasteiger partial charge in [0.05, 0.1) is 17.8 Å². The second kappa shape index (κ2) is 8.26. The van der Waals surface area contributed by atoms with E-state index in [0.29, 0.717) is 17.1 Å². The van der Waals surface area contributed by atoms with Crippen molar-refractivity contribution >= 4 is 11.8 Å². The van der Waals surface area contributed by atoms with E-state index in [4.69, 9.17) is 19.7 Å². The third-order valence-electron chi connectivity index (χ3n) is 4.74. The number of rotatable bonds is 7. The summed E-state index contributed by atoms with van der Waals surface area (Å²) >= 11 is 0. The molecule has 0 saturated carbocycles. The molecule has 0 aliphatic carbocycles. The van der Waals surface area contributed by atoms with Gasteiger partial charge in [0, 0.05) is 0 Å². The van der Waals surface area contributed by atoms with Gasteiger partial charge in [-0.15, -0.1) is 0 Å². The van der Waals surface area contributed by atoms with Crippen LogP contribution in [-0.4, -0.2) is 41.0 Å². The highest BCUT2D eigenvalue weighted by Gasteiger charge is 2.30. The highest BCUT2D eigenvalue weighted by atomic mass is 16.7. The molecule has 1 aliphatic heterocycles. The van der Waals surface area contributed by atoms with E-state index in [1.54, 1.807) is 18.2 Å². The third-order valence-corrected chi connectivity index (χ3v) is 4.74. The van der Waals surface area contributed by atoms with Crippen LogP contribution in [0.1, 0.15) is 15.9 Å². The second-order valence-corrected chi connectivity index (χ2v) is 6.72. The number of carbonyl (C=O) groups is 2. The molecule has 0 bridgehead atoms. The number of amides is 2. The highest BCUT2D eigenvalue weighted by Crippen LogP contribution is 2.42. The van der Waals surface area contributed by atoms with Gasteiger partial charge in [0.15, 0.2) is 23.4 Å². The largest absolute Gasteiger partial charge is 0.454 e. The van der Waals surface area contributed by atoms with Gasteiger partial charge in [-0.2, -0.15) is 0 Å². The van der Waals surface area contributed by atoms with Crippen LogP contribution in [0.15, 0.2) is 59.3 Å². The molecule has 2 atom stereocenters. The summed E-state index contributed by atoms with van der Waals surface area (Å²) in [5, 5.41) is 16.6. The number of primary amides is 1. The Balaban J connectivity index is 1.61. The molecule has 0 fully saturated rings. The molecule has 2 amide bonds. The van der Waals surface area contributed by atoms with E-state index in [0.717, 1.165) is 5.56 Å². The molecule has 2 unspecified atom stereocenters. The molecule has 4 N–H and O–H groups in total. The van der Waals surface area contributed by atoms with Crippen LogP contribution in [0.25, 0.3) is 11.3 Å². The van der Waals surface area contributed by atoms with Crippen LogP contribution in [0.2, 0.25) is 0 Å². The van der Waals surface area contributed by atoms with E-state index in [1.807, 2.05) is 30.3 Å². The van der Waals surface area contributed by atoms with Crippen molar-refractivity contribution in [2.75, 3.05) is 6.79 Å². The van der Waals surface area contributed by atoms with Crippen molar-refractivity contribution in [3.63, 3.8) is 0 Å².